The fraction of sp³-hybridized carbons (Fsp3) is 0.500. The number of amides is 1. The van der Waals surface area contributed by atoms with E-state index in [0.29, 0.717) is 44.8 Å². The summed E-state index contributed by atoms with van der Waals surface area (Å²) in [7, 11) is 2.13. The summed E-state index contributed by atoms with van der Waals surface area (Å²) in [5, 5.41) is 0.718. The van der Waals surface area contributed by atoms with Gasteiger partial charge >= 0.3 is 6.01 Å². The largest absolute Gasteiger partial charge is 0.462 e. The molecule has 200 valence electrons. The summed E-state index contributed by atoms with van der Waals surface area (Å²) in [6, 6.07) is 8.39. The molecule has 3 aliphatic rings. The Balaban J connectivity index is 1.45. The molecule has 4 heterocycles. The number of para-hydroxylation sites is 1. The fourth-order valence-corrected chi connectivity index (χ4v) is 5.96. The highest BCUT2D eigenvalue weighted by molar-refractivity contribution is 6.33. The highest BCUT2D eigenvalue weighted by Gasteiger charge is 2.35. The smallest absolute Gasteiger partial charge is 0.318 e. The first-order valence-corrected chi connectivity index (χ1v) is 13.6. The number of hydrogen-bond acceptors (Lipinski definition) is 7. The second kappa shape index (κ2) is 11.6. The predicted molar refractivity (Wildman–Crippen MR) is 149 cm³/mol. The molecule has 5 rings (SSSR count). The van der Waals surface area contributed by atoms with Crippen LogP contribution >= 0.6 is 11.6 Å². The molecule has 2 aromatic rings. The van der Waals surface area contributed by atoms with Gasteiger partial charge in [-0.15, -0.1) is 0 Å². The van der Waals surface area contributed by atoms with Crippen molar-refractivity contribution in [2.24, 2.45) is 0 Å². The van der Waals surface area contributed by atoms with Crippen LogP contribution in [-0.2, 0) is 17.8 Å². The van der Waals surface area contributed by atoms with Crippen LogP contribution in [0.4, 0.5) is 11.5 Å². The fourth-order valence-electron chi connectivity index (χ4n) is 5.71. The summed E-state index contributed by atoms with van der Waals surface area (Å²) in [5.41, 5.74) is 3.02. The second-order valence-corrected chi connectivity index (χ2v) is 10.5. The highest BCUT2D eigenvalue weighted by Crippen LogP contribution is 2.34. The SMILES string of the molecule is [C-]#[N+]CC1CN(c2nc(OC[C@@H]3CCCN3C)nc3c2CCN(c2ccccc2Cl)C3)CCN1C(=O)C=C. The lowest BCUT2D eigenvalue weighted by Crippen LogP contribution is -2.56. The molecule has 1 amide bonds. The lowest BCUT2D eigenvalue weighted by molar-refractivity contribution is -0.128. The number of benzene rings is 1. The zero-order chi connectivity index (χ0) is 26.6. The molecule has 0 aliphatic carbocycles. The Morgan fingerprint density at radius 1 is 1.21 bits per heavy atom. The van der Waals surface area contributed by atoms with Gasteiger partial charge in [0, 0.05) is 37.8 Å². The summed E-state index contributed by atoms with van der Waals surface area (Å²) in [5.74, 6) is 0.715. The Labute approximate surface area is 229 Å². The molecule has 2 saturated heterocycles. The molecule has 0 saturated carbocycles. The van der Waals surface area contributed by atoms with Crippen molar-refractivity contribution in [1.82, 2.24) is 19.8 Å². The van der Waals surface area contributed by atoms with Crippen LogP contribution in [0.1, 0.15) is 24.1 Å². The van der Waals surface area contributed by atoms with Crippen LogP contribution in [0, 0.1) is 6.57 Å². The van der Waals surface area contributed by atoms with Crippen molar-refractivity contribution in [3.63, 3.8) is 0 Å². The number of anilines is 2. The van der Waals surface area contributed by atoms with Gasteiger partial charge in [0.15, 0.2) is 0 Å². The Morgan fingerprint density at radius 2 is 2.05 bits per heavy atom. The molecule has 9 nitrogen and oxygen atoms in total. The van der Waals surface area contributed by atoms with E-state index in [1.165, 1.54) is 12.5 Å². The summed E-state index contributed by atoms with van der Waals surface area (Å²) < 4.78 is 6.21. The van der Waals surface area contributed by atoms with E-state index in [9.17, 15) is 4.79 Å². The van der Waals surface area contributed by atoms with E-state index >= 15 is 0 Å². The quantitative estimate of drug-likeness (QED) is 0.398. The van der Waals surface area contributed by atoms with Crippen LogP contribution in [0.2, 0.25) is 5.02 Å². The predicted octanol–water partition coefficient (Wildman–Crippen LogP) is 3.29. The third-order valence-corrected chi connectivity index (χ3v) is 8.15. The molecular formula is C28H34ClN7O2. The molecule has 10 heteroatoms. The summed E-state index contributed by atoms with van der Waals surface area (Å²) in [6.45, 7) is 16.0. The standard InChI is InChI=1S/C28H34ClN7O2/c1-4-26(37)36-15-14-35(17-21(36)16-30-2)27-22-11-13-34(25-10-6-5-9-23(25)29)18-24(22)31-28(32-27)38-19-20-8-7-12-33(20)3/h4-6,9-10,20-21H,1,7-8,11-19H2,3H3/t20-,21?/m0/s1. The van der Waals surface area contributed by atoms with Crippen LogP contribution in [0.3, 0.4) is 0 Å². The minimum Gasteiger partial charge on any atom is -0.462 e. The number of aromatic nitrogens is 2. The first-order chi connectivity index (χ1) is 18.5. The van der Waals surface area contributed by atoms with E-state index < -0.39 is 0 Å². The molecule has 0 N–H and O–H groups in total. The van der Waals surface area contributed by atoms with Crippen LogP contribution < -0.4 is 14.5 Å². The van der Waals surface area contributed by atoms with E-state index in [2.05, 4.69) is 33.2 Å². The summed E-state index contributed by atoms with van der Waals surface area (Å²) in [4.78, 5) is 34.4. The normalized spacial score (nSPS) is 21.7. The molecule has 2 atom stereocenters. The number of carbonyl (C=O) groups is 1. The highest BCUT2D eigenvalue weighted by atomic mass is 35.5. The molecule has 3 aliphatic heterocycles. The molecule has 2 fully saturated rings. The molecule has 0 radical (unpaired) electrons. The lowest BCUT2D eigenvalue weighted by atomic mass is 10.0. The van der Waals surface area contributed by atoms with Crippen LogP contribution in [0.15, 0.2) is 36.9 Å². The third kappa shape index (κ3) is 5.42. The number of hydrogen-bond donors (Lipinski definition) is 0. The van der Waals surface area contributed by atoms with Gasteiger partial charge in [-0.3, -0.25) is 4.79 Å². The zero-order valence-electron chi connectivity index (χ0n) is 21.9. The number of nitrogens with zero attached hydrogens (tertiary/aromatic N) is 7. The lowest BCUT2D eigenvalue weighted by Gasteiger charge is -2.41. The minimum atomic E-state index is -0.225. The van der Waals surface area contributed by atoms with Crippen molar-refractivity contribution in [1.29, 1.82) is 0 Å². The molecule has 0 bridgehead atoms. The van der Waals surface area contributed by atoms with Gasteiger partial charge in [-0.25, -0.2) is 6.57 Å². The maximum atomic E-state index is 12.4. The molecule has 1 aromatic heterocycles. The summed E-state index contributed by atoms with van der Waals surface area (Å²) in [6.07, 6.45) is 4.37. The summed E-state index contributed by atoms with van der Waals surface area (Å²) >= 11 is 6.53. The molecule has 1 unspecified atom stereocenters. The van der Waals surface area contributed by atoms with E-state index in [1.54, 1.807) is 4.90 Å². The molecule has 38 heavy (non-hydrogen) atoms. The maximum Gasteiger partial charge on any atom is 0.318 e. The van der Waals surface area contributed by atoms with Crippen LogP contribution in [0.25, 0.3) is 4.85 Å². The van der Waals surface area contributed by atoms with Crippen molar-refractivity contribution in [3.8, 4) is 6.01 Å². The molecular weight excluding hydrogens is 502 g/mol. The monoisotopic (exact) mass is 535 g/mol. The number of likely N-dealkylation sites (tertiary alicyclic amines) is 1. The number of halogens is 1. The van der Waals surface area contributed by atoms with Gasteiger partial charge < -0.3 is 29.2 Å². The number of rotatable bonds is 7. The maximum absolute atomic E-state index is 12.4. The van der Waals surface area contributed by atoms with Crippen molar-refractivity contribution in [3.05, 3.63) is 64.6 Å². The van der Waals surface area contributed by atoms with Crippen molar-refractivity contribution in [2.75, 3.05) is 62.7 Å². The van der Waals surface area contributed by atoms with Crippen LogP contribution in [0.5, 0.6) is 6.01 Å². The number of carbonyl (C=O) groups excluding carboxylic acids is 1. The van der Waals surface area contributed by atoms with Gasteiger partial charge in [0.1, 0.15) is 18.5 Å². The van der Waals surface area contributed by atoms with Gasteiger partial charge in [0.25, 0.3) is 0 Å². The van der Waals surface area contributed by atoms with Gasteiger partial charge in [-0.05, 0) is 51.1 Å². The number of likely N-dealkylation sites (N-methyl/N-ethyl adjacent to an activating group) is 1. The Hall–Kier alpha value is -3.35. The van der Waals surface area contributed by atoms with Gasteiger partial charge in [-0.2, -0.15) is 9.97 Å². The second-order valence-electron chi connectivity index (χ2n) is 10.1. The topological polar surface area (TPSA) is 69.4 Å². The Kier molecular flexibility index (Phi) is 8.01. The van der Waals surface area contributed by atoms with Crippen molar-refractivity contribution in [2.45, 2.75) is 37.9 Å². The number of ether oxygens (including phenoxy) is 1. The van der Waals surface area contributed by atoms with Crippen molar-refractivity contribution >= 4 is 29.0 Å². The van der Waals surface area contributed by atoms with Crippen LogP contribution in [-0.4, -0.2) is 90.7 Å². The van der Waals surface area contributed by atoms with E-state index in [1.807, 2.05) is 24.3 Å². The number of piperazine rings is 1. The average Bonchev–Trinajstić information content (AvgIpc) is 3.35. The van der Waals surface area contributed by atoms with E-state index in [-0.39, 0.29) is 18.5 Å². The van der Waals surface area contributed by atoms with Crippen molar-refractivity contribution < 1.29 is 9.53 Å². The third-order valence-electron chi connectivity index (χ3n) is 7.83. The van der Waals surface area contributed by atoms with Gasteiger partial charge in [0.2, 0.25) is 12.5 Å². The molecule has 1 aromatic carbocycles. The van der Waals surface area contributed by atoms with Gasteiger partial charge in [-0.1, -0.05) is 30.3 Å². The average molecular weight is 536 g/mol. The van der Waals surface area contributed by atoms with Gasteiger partial charge in [0.05, 0.1) is 22.9 Å². The van der Waals surface area contributed by atoms with E-state index in [4.69, 9.17) is 32.9 Å². The Bertz CT molecular complexity index is 1230. The zero-order valence-corrected chi connectivity index (χ0v) is 22.6. The molecule has 0 spiro atoms. The Morgan fingerprint density at radius 3 is 2.79 bits per heavy atom. The number of fused-ring (bicyclic) bond motifs is 1. The first kappa shape index (κ1) is 26.3. The van der Waals surface area contributed by atoms with E-state index in [0.717, 1.165) is 53.7 Å². The minimum absolute atomic E-state index is 0.136. The first-order valence-electron chi connectivity index (χ1n) is 13.2.